The molecule has 0 aromatic carbocycles. The molecule has 2 fully saturated rings. The van der Waals surface area contributed by atoms with E-state index in [-0.39, 0.29) is 30.1 Å². The van der Waals surface area contributed by atoms with Crippen molar-refractivity contribution in [1.82, 2.24) is 10.2 Å². The highest BCUT2D eigenvalue weighted by atomic mass is 16.5. The Kier molecular flexibility index (Phi) is 6.81. The van der Waals surface area contributed by atoms with Crippen LogP contribution in [0.4, 0.5) is 0 Å². The maximum Gasteiger partial charge on any atom is 0.305 e. The first-order valence-electron chi connectivity index (χ1n) is 9.27. The Bertz CT molecular complexity index is 502. The van der Waals surface area contributed by atoms with E-state index in [2.05, 4.69) is 5.32 Å². The van der Waals surface area contributed by atoms with Gasteiger partial charge in [-0.25, -0.2) is 0 Å². The molecule has 2 aliphatic rings. The van der Waals surface area contributed by atoms with Gasteiger partial charge in [-0.05, 0) is 32.1 Å². The molecular formula is C18H30N2O5. The molecule has 0 aromatic rings. The second kappa shape index (κ2) is 8.65. The summed E-state index contributed by atoms with van der Waals surface area (Å²) in [6, 6.07) is 0. The second-order valence-electron chi connectivity index (χ2n) is 7.39. The summed E-state index contributed by atoms with van der Waals surface area (Å²) in [4.78, 5) is 38.2. The van der Waals surface area contributed by atoms with Gasteiger partial charge in [-0.15, -0.1) is 0 Å². The molecule has 0 aromatic heterocycles. The second-order valence-corrected chi connectivity index (χ2v) is 7.39. The number of carbonyl (C=O) groups excluding carboxylic acids is 2. The van der Waals surface area contributed by atoms with Gasteiger partial charge in [0, 0.05) is 32.2 Å². The molecule has 0 saturated carbocycles. The van der Waals surface area contributed by atoms with Crippen molar-refractivity contribution >= 4 is 17.8 Å². The maximum atomic E-state index is 12.8. The summed E-state index contributed by atoms with van der Waals surface area (Å²) in [6.07, 6.45) is 3.24. The highest BCUT2D eigenvalue weighted by Gasteiger charge is 2.39. The molecule has 2 rings (SSSR count). The number of hydrogen-bond donors (Lipinski definition) is 2. The van der Waals surface area contributed by atoms with Crippen LogP contribution in [-0.4, -0.2) is 59.6 Å². The topological polar surface area (TPSA) is 95.9 Å². The fraction of sp³-hybridized carbons (Fsp3) is 0.833. The van der Waals surface area contributed by atoms with E-state index in [1.54, 1.807) is 4.90 Å². The van der Waals surface area contributed by atoms with Crippen molar-refractivity contribution in [3.8, 4) is 0 Å². The van der Waals surface area contributed by atoms with Gasteiger partial charge in [0.05, 0.1) is 17.9 Å². The third-order valence-corrected chi connectivity index (χ3v) is 5.47. The fourth-order valence-electron chi connectivity index (χ4n) is 3.64. The minimum absolute atomic E-state index is 0.0318. The number of hydrogen-bond acceptors (Lipinski definition) is 4. The zero-order valence-electron chi connectivity index (χ0n) is 15.3. The molecule has 2 atom stereocenters. The Hall–Kier alpha value is -1.63. The number of amides is 2. The number of carboxylic acids is 1. The standard InChI is InChI=1S/C18H30N2O5/c1-3-13(2)17(24)20-8-4-5-14(12-20)16(23)19-18(11-15(21)22)6-9-25-10-7-18/h13-14H,3-12H2,1-2H3,(H,19,23)(H,21,22). The number of carbonyl (C=O) groups is 3. The van der Waals surface area contributed by atoms with Crippen LogP contribution in [0.15, 0.2) is 0 Å². The van der Waals surface area contributed by atoms with Crippen LogP contribution in [-0.2, 0) is 19.1 Å². The van der Waals surface area contributed by atoms with E-state index in [9.17, 15) is 19.5 Å². The van der Waals surface area contributed by atoms with Crippen molar-refractivity contribution < 1.29 is 24.2 Å². The van der Waals surface area contributed by atoms with Gasteiger partial charge in [-0.3, -0.25) is 14.4 Å². The van der Waals surface area contributed by atoms with E-state index in [0.717, 1.165) is 19.3 Å². The normalized spacial score (nSPS) is 24.4. The van der Waals surface area contributed by atoms with Gasteiger partial charge in [-0.1, -0.05) is 13.8 Å². The summed E-state index contributed by atoms with van der Waals surface area (Å²) in [7, 11) is 0. The molecule has 2 unspecified atom stereocenters. The third-order valence-electron chi connectivity index (χ3n) is 5.47. The van der Waals surface area contributed by atoms with Gasteiger partial charge in [0.1, 0.15) is 0 Å². The molecule has 0 bridgehead atoms. The van der Waals surface area contributed by atoms with Gasteiger partial charge in [0.2, 0.25) is 11.8 Å². The molecule has 2 saturated heterocycles. The Morgan fingerprint density at radius 2 is 2.00 bits per heavy atom. The molecule has 2 N–H and O–H groups in total. The summed E-state index contributed by atoms with van der Waals surface area (Å²) in [5.41, 5.74) is -0.732. The lowest BCUT2D eigenvalue weighted by Gasteiger charge is -2.39. The van der Waals surface area contributed by atoms with Crippen molar-refractivity contribution in [3.05, 3.63) is 0 Å². The monoisotopic (exact) mass is 354 g/mol. The highest BCUT2D eigenvalue weighted by molar-refractivity contribution is 5.83. The predicted molar refractivity (Wildman–Crippen MR) is 91.9 cm³/mol. The van der Waals surface area contributed by atoms with Gasteiger partial charge < -0.3 is 20.1 Å². The lowest BCUT2D eigenvalue weighted by atomic mass is 9.85. The molecular weight excluding hydrogens is 324 g/mol. The minimum Gasteiger partial charge on any atom is -0.481 e. The zero-order valence-corrected chi connectivity index (χ0v) is 15.3. The average Bonchev–Trinajstić information content (AvgIpc) is 2.60. The zero-order chi connectivity index (χ0) is 18.4. The quantitative estimate of drug-likeness (QED) is 0.752. The smallest absolute Gasteiger partial charge is 0.305 e. The first kappa shape index (κ1) is 19.7. The van der Waals surface area contributed by atoms with Crippen LogP contribution in [0, 0.1) is 11.8 Å². The largest absolute Gasteiger partial charge is 0.481 e. The number of rotatable bonds is 6. The van der Waals surface area contributed by atoms with Crippen molar-refractivity contribution in [2.24, 2.45) is 11.8 Å². The molecule has 0 aliphatic carbocycles. The Labute approximate surface area is 149 Å². The first-order valence-corrected chi connectivity index (χ1v) is 9.27. The number of piperidine rings is 1. The van der Waals surface area contributed by atoms with Gasteiger partial charge in [0.15, 0.2) is 0 Å². The summed E-state index contributed by atoms with van der Waals surface area (Å²) in [6.45, 7) is 5.93. The van der Waals surface area contributed by atoms with E-state index in [1.807, 2.05) is 13.8 Å². The van der Waals surface area contributed by atoms with Gasteiger partial charge >= 0.3 is 5.97 Å². The minimum atomic E-state index is -0.917. The lowest BCUT2D eigenvalue weighted by Crippen LogP contribution is -2.56. The number of nitrogens with one attached hydrogen (secondary N) is 1. The summed E-state index contributed by atoms with van der Waals surface area (Å²) in [5.74, 6) is -1.25. The van der Waals surface area contributed by atoms with Crippen molar-refractivity contribution in [2.75, 3.05) is 26.3 Å². The summed E-state index contributed by atoms with van der Waals surface area (Å²) in [5, 5.41) is 12.2. The van der Waals surface area contributed by atoms with Crippen molar-refractivity contribution in [2.45, 2.75) is 57.9 Å². The van der Waals surface area contributed by atoms with Crippen LogP contribution in [0.3, 0.4) is 0 Å². The number of ether oxygens (including phenoxy) is 1. The molecule has 2 amide bonds. The average molecular weight is 354 g/mol. The Morgan fingerprint density at radius 1 is 1.32 bits per heavy atom. The predicted octanol–water partition coefficient (Wildman–Crippen LogP) is 1.41. The molecule has 25 heavy (non-hydrogen) atoms. The number of nitrogens with zero attached hydrogens (tertiary/aromatic N) is 1. The van der Waals surface area contributed by atoms with Crippen LogP contribution in [0.5, 0.6) is 0 Å². The third kappa shape index (κ3) is 5.17. The van der Waals surface area contributed by atoms with Gasteiger partial charge in [-0.2, -0.15) is 0 Å². The molecule has 2 aliphatic heterocycles. The number of carboxylic acid groups (broad SMARTS) is 1. The Morgan fingerprint density at radius 3 is 2.60 bits per heavy atom. The number of likely N-dealkylation sites (tertiary alicyclic amines) is 1. The Balaban J connectivity index is 2.00. The molecule has 7 heteroatoms. The first-order chi connectivity index (χ1) is 11.9. The highest BCUT2D eigenvalue weighted by Crippen LogP contribution is 2.27. The fourth-order valence-corrected chi connectivity index (χ4v) is 3.64. The summed E-state index contributed by atoms with van der Waals surface area (Å²) < 4.78 is 5.32. The SMILES string of the molecule is CCC(C)C(=O)N1CCCC(C(=O)NC2(CC(=O)O)CCOCC2)C1. The van der Waals surface area contributed by atoms with E-state index in [1.165, 1.54) is 0 Å². The van der Waals surface area contributed by atoms with Crippen LogP contribution < -0.4 is 5.32 Å². The van der Waals surface area contributed by atoms with Crippen LogP contribution >= 0.6 is 0 Å². The summed E-state index contributed by atoms with van der Waals surface area (Å²) >= 11 is 0. The van der Waals surface area contributed by atoms with E-state index in [4.69, 9.17) is 4.74 Å². The molecule has 2 heterocycles. The van der Waals surface area contributed by atoms with Crippen molar-refractivity contribution in [3.63, 3.8) is 0 Å². The van der Waals surface area contributed by atoms with Crippen LogP contribution in [0.1, 0.15) is 52.4 Å². The molecule has 0 spiro atoms. The van der Waals surface area contributed by atoms with E-state index in [0.29, 0.717) is 39.1 Å². The van der Waals surface area contributed by atoms with E-state index >= 15 is 0 Å². The van der Waals surface area contributed by atoms with Crippen molar-refractivity contribution in [1.29, 1.82) is 0 Å². The maximum absolute atomic E-state index is 12.8. The molecule has 142 valence electrons. The van der Waals surface area contributed by atoms with Crippen LogP contribution in [0.25, 0.3) is 0 Å². The molecule has 7 nitrogen and oxygen atoms in total. The molecule has 0 radical (unpaired) electrons. The van der Waals surface area contributed by atoms with Gasteiger partial charge in [0.25, 0.3) is 0 Å². The van der Waals surface area contributed by atoms with Crippen LogP contribution in [0.2, 0.25) is 0 Å². The van der Waals surface area contributed by atoms with E-state index < -0.39 is 11.5 Å². The lowest BCUT2D eigenvalue weighted by molar-refractivity contribution is -0.141. The number of aliphatic carboxylic acids is 1.